The van der Waals surface area contributed by atoms with Gasteiger partial charge in [-0.15, -0.1) is 0 Å². The predicted molar refractivity (Wildman–Crippen MR) is 121 cm³/mol. The first-order valence-electron chi connectivity index (χ1n) is 10.7. The van der Waals surface area contributed by atoms with E-state index < -0.39 is 5.91 Å². The summed E-state index contributed by atoms with van der Waals surface area (Å²) < 4.78 is 11.9. The van der Waals surface area contributed by atoms with Gasteiger partial charge in [0.25, 0.3) is 0 Å². The molecular weight excluding hydrogens is 388 g/mol. The maximum absolute atomic E-state index is 11.2. The van der Waals surface area contributed by atoms with Crippen LogP contribution in [0.15, 0.2) is 78.9 Å². The molecule has 4 rings (SSSR count). The monoisotopic (exact) mass is 416 g/mol. The predicted octanol–water partition coefficient (Wildman–Crippen LogP) is 4.14. The molecule has 0 saturated carbocycles. The second kappa shape index (κ2) is 10.1. The highest BCUT2D eigenvalue weighted by atomic mass is 16.5. The summed E-state index contributed by atoms with van der Waals surface area (Å²) in [6.45, 7) is 3.09. The van der Waals surface area contributed by atoms with Gasteiger partial charge in [0.15, 0.2) is 0 Å². The zero-order valence-corrected chi connectivity index (χ0v) is 17.5. The van der Waals surface area contributed by atoms with E-state index in [1.165, 1.54) is 5.56 Å². The Balaban J connectivity index is 1.35. The maximum atomic E-state index is 11.2. The van der Waals surface area contributed by atoms with E-state index in [-0.39, 0.29) is 0 Å². The first-order valence-corrected chi connectivity index (χ1v) is 10.7. The van der Waals surface area contributed by atoms with Gasteiger partial charge in [0.1, 0.15) is 18.1 Å². The number of carbonyl (C=O) groups excluding carboxylic acids is 1. The highest BCUT2D eigenvalue weighted by Gasteiger charge is 2.27. The summed E-state index contributed by atoms with van der Waals surface area (Å²) in [5.74, 6) is 1.98. The standard InChI is InChI=1S/C26H28N2O3/c27-26(29)21-8-12-24(13-9-21)31-18-22-16-28-15-14-25(22)20-6-10-23(11-7-20)30-17-19-4-2-1-3-5-19/h1-13,22,25,28H,14-18H2,(H2,27,29)/t22-,25-/m0/s1. The molecular formula is C26H28N2O3. The largest absolute Gasteiger partial charge is 0.493 e. The lowest BCUT2D eigenvalue weighted by molar-refractivity contribution is 0.1000. The van der Waals surface area contributed by atoms with E-state index in [1.54, 1.807) is 24.3 Å². The molecule has 5 heteroatoms. The number of hydrogen-bond acceptors (Lipinski definition) is 4. The first kappa shape index (κ1) is 20.9. The van der Waals surface area contributed by atoms with E-state index in [1.807, 2.05) is 18.2 Å². The molecule has 2 atom stereocenters. The first-order chi connectivity index (χ1) is 15.2. The van der Waals surface area contributed by atoms with Crippen LogP contribution in [0, 0.1) is 5.92 Å². The van der Waals surface area contributed by atoms with Gasteiger partial charge in [-0.05, 0) is 66.4 Å². The Kier molecular flexibility index (Phi) is 6.85. The van der Waals surface area contributed by atoms with Crippen molar-refractivity contribution in [2.75, 3.05) is 19.7 Å². The molecule has 0 bridgehead atoms. The summed E-state index contributed by atoms with van der Waals surface area (Å²) in [6, 6.07) is 25.6. The molecule has 5 nitrogen and oxygen atoms in total. The van der Waals surface area contributed by atoms with Crippen LogP contribution in [0.1, 0.15) is 33.8 Å². The van der Waals surface area contributed by atoms with Crippen LogP contribution >= 0.6 is 0 Å². The molecule has 1 aliphatic heterocycles. The van der Waals surface area contributed by atoms with Crippen LogP contribution in [0.5, 0.6) is 11.5 Å². The SMILES string of the molecule is NC(=O)c1ccc(OC[C@@H]2CNCC[C@H]2c2ccc(OCc3ccccc3)cc2)cc1. The Bertz CT molecular complexity index is 972. The van der Waals surface area contributed by atoms with Gasteiger partial charge in [-0.3, -0.25) is 4.79 Å². The van der Waals surface area contributed by atoms with Gasteiger partial charge >= 0.3 is 0 Å². The van der Waals surface area contributed by atoms with E-state index in [2.05, 4.69) is 41.7 Å². The zero-order valence-electron chi connectivity index (χ0n) is 17.5. The van der Waals surface area contributed by atoms with Crippen LogP contribution in [-0.4, -0.2) is 25.6 Å². The Morgan fingerprint density at radius 2 is 1.58 bits per heavy atom. The Labute approximate surface area is 183 Å². The molecule has 3 N–H and O–H groups in total. The highest BCUT2D eigenvalue weighted by molar-refractivity contribution is 5.92. The number of amides is 1. The Hall–Kier alpha value is -3.31. The van der Waals surface area contributed by atoms with Crippen LogP contribution in [0.3, 0.4) is 0 Å². The van der Waals surface area contributed by atoms with Crippen LogP contribution in [0.4, 0.5) is 0 Å². The van der Waals surface area contributed by atoms with Crippen molar-refractivity contribution in [1.29, 1.82) is 0 Å². The Morgan fingerprint density at radius 1 is 0.903 bits per heavy atom. The van der Waals surface area contributed by atoms with Crippen LogP contribution in [-0.2, 0) is 6.61 Å². The molecule has 160 valence electrons. The summed E-state index contributed by atoms with van der Waals surface area (Å²) in [6.07, 6.45) is 1.07. The molecule has 0 aliphatic carbocycles. The minimum atomic E-state index is -0.431. The summed E-state index contributed by atoms with van der Waals surface area (Å²) >= 11 is 0. The van der Waals surface area contributed by atoms with Gasteiger partial charge in [0.05, 0.1) is 6.61 Å². The zero-order chi connectivity index (χ0) is 21.5. The summed E-state index contributed by atoms with van der Waals surface area (Å²) in [5, 5.41) is 3.48. The smallest absolute Gasteiger partial charge is 0.248 e. The molecule has 1 aliphatic rings. The van der Waals surface area contributed by atoms with Gasteiger partial charge < -0.3 is 20.5 Å². The minimum Gasteiger partial charge on any atom is -0.493 e. The third-order valence-electron chi connectivity index (χ3n) is 5.77. The molecule has 0 spiro atoms. The number of nitrogens with one attached hydrogen (secondary N) is 1. The number of nitrogens with two attached hydrogens (primary N) is 1. The number of piperidine rings is 1. The van der Waals surface area contributed by atoms with Crippen molar-refractivity contribution in [3.63, 3.8) is 0 Å². The van der Waals surface area contributed by atoms with Crippen molar-refractivity contribution in [2.45, 2.75) is 18.9 Å². The van der Waals surface area contributed by atoms with Gasteiger partial charge in [-0.25, -0.2) is 0 Å². The molecule has 3 aromatic rings. The minimum absolute atomic E-state index is 0.362. The van der Waals surface area contributed by atoms with Crippen LogP contribution in [0.25, 0.3) is 0 Å². The Morgan fingerprint density at radius 3 is 2.29 bits per heavy atom. The van der Waals surface area contributed by atoms with E-state index in [9.17, 15) is 4.79 Å². The third kappa shape index (κ3) is 5.64. The van der Waals surface area contributed by atoms with Crippen LogP contribution in [0.2, 0.25) is 0 Å². The summed E-state index contributed by atoms with van der Waals surface area (Å²) in [7, 11) is 0. The number of ether oxygens (including phenoxy) is 2. The van der Waals surface area contributed by atoms with Crippen molar-refractivity contribution < 1.29 is 14.3 Å². The lowest BCUT2D eigenvalue weighted by Crippen LogP contribution is -2.38. The molecule has 31 heavy (non-hydrogen) atoms. The fourth-order valence-corrected chi connectivity index (χ4v) is 4.01. The number of carbonyl (C=O) groups is 1. The number of rotatable bonds is 8. The molecule has 0 radical (unpaired) electrons. The molecule has 0 aromatic heterocycles. The van der Waals surface area contributed by atoms with Crippen molar-refractivity contribution in [3.05, 3.63) is 95.6 Å². The lowest BCUT2D eigenvalue weighted by Gasteiger charge is -2.32. The van der Waals surface area contributed by atoms with Crippen molar-refractivity contribution in [3.8, 4) is 11.5 Å². The molecule has 1 fully saturated rings. The van der Waals surface area contributed by atoms with E-state index >= 15 is 0 Å². The lowest BCUT2D eigenvalue weighted by atomic mass is 9.81. The molecule has 1 saturated heterocycles. The quantitative estimate of drug-likeness (QED) is 0.579. The average molecular weight is 417 g/mol. The van der Waals surface area contributed by atoms with Gasteiger partial charge in [-0.2, -0.15) is 0 Å². The van der Waals surface area contributed by atoms with Gasteiger partial charge in [0.2, 0.25) is 5.91 Å². The van der Waals surface area contributed by atoms with Gasteiger partial charge in [-0.1, -0.05) is 42.5 Å². The number of hydrogen-bond donors (Lipinski definition) is 2. The number of primary amides is 1. The molecule has 3 aromatic carbocycles. The van der Waals surface area contributed by atoms with E-state index in [0.29, 0.717) is 30.6 Å². The summed E-state index contributed by atoms with van der Waals surface area (Å²) in [5.41, 5.74) is 8.25. The average Bonchev–Trinajstić information content (AvgIpc) is 2.83. The van der Waals surface area contributed by atoms with Crippen molar-refractivity contribution in [2.24, 2.45) is 11.7 Å². The summed E-state index contributed by atoms with van der Waals surface area (Å²) in [4.78, 5) is 11.2. The fraction of sp³-hybridized carbons (Fsp3) is 0.269. The topological polar surface area (TPSA) is 73.6 Å². The number of benzene rings is 3. The van der Waals surface area contributed by atoms with Gasteiger partial charge in [0, 0.05) is 18.0 Å². The second-order valence-corrected chi connectivity index (χ2v) is 7.90. The second-order valence-electron chi connectivity index (χ2n) is 7.90. The van der Waals surface area contributed by atoms with E-state index in [0.717, 1.165) is 36.6 Å². The highest BCUT2D eigenvalue weighted by Crippen LogP contribution is 2.32. The van der Waals surface area contributed by atoms with Crippen LogP contribution < -0.4 is 20.5 Å². The normalized spacial score (nSPS) is 18.3. The fourth-order valence-electron chi connectivity index (χ4n) is 4.01. The maximum Gasteiger partial charge on any atom is 0.248 e. The molecule has 1 amide bonds. The van der Waals surface area contributed by atoms with Crippen molar-refractivity contribution >= 4 is 5.91 Å². The molecule has 0 unspecified atom stereocenters. The van der Waals surface area contributed by atoms with E-state index in [4.69, 9.17) is 15.2 Å². The molecule has 1 heterocycles. The van der Waals surface area contributed by atoms with Crippen molar-refractivity contribution in [1.82, 2.24) is 5.32 Å². The third-order valence-corrected chi connectivity index (χ3v) is 5.77.